The molecule has 0 spiro atoms. The van der Waals surface area contributed by atoms with Crippen LogP contribution in [0, 0.1) is 0 Å². The van der Waals surface area contributed by atoms with Crippen LogP contribution in [0.2, 0.25) is 0 Å². The molecule has 1 N–H and O–H groups in total. The van der Waals surface area contributed by atoms with E-state index in [9.17, 15) is 0 Å². The SMILES string of the molecule is C=C/C=C(\C=C/C)C1=CC(c2ccc3c(-c4ccccc4)c4ccccc4c(-c4ccccc4)c3c2)NC=C1c1ccccc1. The summed E-state index contributed by atoms with van der Waals surface area (Å²) in [4.78, 5) is 0. The molecule has 0 radical (unpaired) electrons. The second-order valence-corrected chi connectivity index (χ2v) is 11.3. The molecule has 6 aromatic rings. The van der Waals surface area contributed by atoms with Crippen molar-refractivity contribution in [2.24, 2.45) is 0 Å². The summed E-state index contributed by atoms with van der Waals surface area (Å²) in [6, 6.07) is 48.0. The lowest BCUT2D eigenvalue weighted by Crippen LogP contribution is -2.19. The summed E-state index contributed by atoms with van der Waals surface area (Å²) in [5, 5.41) is 8.78. The van der Waals surface area contributed by atoms with Gasteiger partial charge in [0, 0.05) is 11.8 Å². The standard InChI is InChI=1S/C44H35N/c1-3-16-31(17-4-2)39-29-42(45-30-41(39)32-18-8-5-9-19-32)35-26-27-38-40(28-35)44(34-22-12-7-13-23-34)37-25-15-14-24-36(37)43(38)33-20-10-6-11-21-33/h3-30,42,45H,1H2,2H3/b17-4-,31-16+. The van der Waals surface area contributed by atoms with E-state index in [4.69, 9.17) is 0 Å². The summed E-state index contributed by atoms with van der Waals surface area (Å²) in [7, 11) is 0. The van der Waals surface area contributed by atoms with Crippen LogP contribution in [0.1, 0.15) is 24.1 Å². The van der Waals surface area contributed by atoms with E-state index < -0.39 is 0 Å². The van der Waals surface area contributed by atoms with E-state index in [2.05, 4.69) is 183 Å². The highest BCUT2D eigenvalue weighted by molar-refractivity contribution is 6.21. The third-order valence-corrected chi connectivity index (χ3v) is 8.60. The van der Waals surface area contributed by atoms with Crippen LogP contribution in [0.25, 0.3) is 49.4 Å². The Morgan fingerprint density at radius 2 is 1.16 bits per heavy atom. The van der Waals surface area contributed by atoms with Gasteiger partial charge in [0.15, 0.2) is 0 Å². The fourth-order valence-corrected chi connectivity index (χ4v) is 6.62. The van der Waals surface area contributed by atoms with Crippen molar-refractivity contribution in [2.45, 2.75) is 13.0 Å². The number of nitrogens with one attached hydrogen (secondary N) is 1. The molecule has 0 fully saturated rings. The van der Waals surface area contributed by atoms with Crippen LogP contribution in [-0.4, -0.2) is 0 Å². The lowest BCUT2D eigenvalue weighted by molar-refractivity contribution is 0.745. The molecule has 1 aliphatic heterocycles. The topological polar surface area (TPSA) is 12.0 Å². The second-order valence-electron chi connectivity index (χ2n) is 11.3. The third kappa shape index (κ3) is 5.34. The highest BCUT2D eigenvalue weighted by Gasteiger charge is 2.22. The van der Waals surface area contributed by atoms with Gasteiger partial charge in [-0.15, -0.1) is 0 Å². The zero-order valence-electron chi connectivity index (χ0n) is 25.5. The molecule has 1 nitrogen and oxygen atoms in total. The number of rotatable bonds is 7. The summed E-state index contributed by atoms with van der Waals surface area (Å²) in [6.45, 7) is 6.07. The number of hydrogen-bond acceptors (Lipinski definition) is 1. The van der Waals surface area contributed by atoms with Crippen molar-refractivity contribution < 1.29 is 0 Å². The molecule has 45 heavy (non-hydrogen) atoms. The number of benzene rings is 6. The molecule has 7 rings (SSSR count). The minimum Gasteiger partial charge on any atom is -0.380 e. The third-order valence-electron chi connectivity index (χ3n) is 8.60. The van der Waals surface area contributed by atoms with Crippen molar-refractivity contribution in [3.8, 4) is 22.3 Å². The molecule has 0 bridgehead atoms. The van der Waals surface area contributed by atoms with Gasteiger partial charge in [0.25, 0.3) is 0 Å². The Labute approximate surface area is 265 Å². The van der Waals surface area contributed by atoms with E-state index in [0.29, 0.717) is 0 Å². The van der Waals surface area contributed by atoms with Crippen molar-refractivity contribution in [2.75, 3.05) is 0 Å². The average molecular weight is 578 g/mol. The smallest absolute Gasteiger partial charge is 0.0702 e. The van der Waals surface area contributed by atoms with Gasteiger partial charge in [0.05, 0.1) is 6.04 Å². The summed E-state index contributed by atoms with van der Waals surface area (Å²) in [5.74, 6) is 0. The van der Waals surface area contributed by atoms with Gasteiger partial charge >= 0.3 is 0 Å². The first-order chi connectivity index (χ1) is 22.3. The molecule has 1 heterocycles. The van der Waals surface area contributed by atoms with Crippen LogP contribution in [0.15, 0.2) is 188 Å². The average Bonchev–Trinajstić information content (AvgIpc) is 3.11. The van der Waals surface area contributed by atoms with E-state index in [0.717, 1.165) is 5.57 Å². The van der Waals surface area contributed by atoms with E-state index in [1.807, 2.05) is 6.08 Å². The first-order valence-corrected chi connectivity index (χ1v) is 15.6. The summed E-state index contributed by atoms with van der Waals surface area (Å²) in [6.07, 6.45) is 12.8. The van der Waals surface area contributed by atoms with Gasteiger partial charge in [-0.3, -0.25) is 0 Å². The summed E-state index contributed by atoms with van der Waals surface area (Å²) in [5.41, 5.74) is 10.9. The van der Waals surface area contributed by atoms with E-state index in [-0.39, 0.29) is 6.04 Å². The molecular weight excluding hydrogens is 542 g/mol. The Kier molecular flexibility index (Phi) is 7.83. The minimum absolute atomic E-state index is 0.00870. The highest BCUT2D eigenvalue weighted by atomic mass is 14.9. The fourth-order valence-electron chi connectivity index (χ4n) is 6.62. The zero-order valence-corrected chi connectivity index (χ0v) is 25.5. The molecule has 1 unspecified atom stereocenters. The molecule has 0 amide bonds. The number of hydrogen-bond donors (Lipinski definition) is 1. The van der Waals surface area contributed by atoms with Crippen molar-refractivity contribution >= 4 is 27.1 Å². The van der Waals surface area contributed by atoms with Gasteiger partial charge in [0.1, 0.15) is 0 Å². The maximum absolute atomic E-state index is 4.01. The molecular formula is C44H35N. The van der Waals surface area contributed by atoms with Gasteiger partial charge in [-0.25, -0.2) is 0 Å². The lowest BCUT2D eigenvalue weighted by atomic mass is 9.83. The summed E-state index contributed by atoms with van der Waals surface area (Å²) < 4.78 is 0. The predicted molar refractivity (Wildman–Crippen MR) is 194 cm³/mol. The molecule has 1 aliphatic rings. The molecule has 0 saturated carbocycles. The van der Waals surface area contributed by atoms with Gasteiger partial charge < -0.3 is 5.32 Å². The van der Waals surface area contributed by atoms with E-state index >= 15 is 0 Å². The van der Waals surface area contributed by atoms with Crippen molar-refractivity contribution in [1.29, 1.82) is 0 Å². The number of fused-ring (bicyclic) bond motifs is 2. The Hall–Kier alpha value is -5.66. The van der Waals surface area contributed by atoms with Crippen LogP contribution in [0.3, 0.4) is 0 Å². The molecule has 216 valence electrons. The van der Waals surface area contributed by atoms with Crippen LogP contribution in [0.5, 0.6) is 0 Å². The number of dihydropyridines is 1. The summed E-state index contributed by atoms with van der Waals surface area (Å²) >= 11 is 0. The van der Waals surface area contributed by atoms with Crippen molar-refractivity contribution in [1.82, 2.24) is 5.32 Å². The first kappa shape index (κ1) is 28.1. The Morgan fingerprint density at radius 3 is 1.73 bits per heavy atom. The molecule has 0 aromatic heterocycles. The molecule has 1 atom stereocenters. The van der Waals surface area contributed by atoms with Gasteiger partial charge in [-0.1, -0.05) is 158 Å². The zero-order chi connectivity index (χ0) is 30.6. The van der Waals surface area contributed by atoms with E-state index in [1.165, 1.54) is 66.1 Å². The maximum atomic E-state index is 4.01. The Bertz CT molecular complexity index is 2130. The normalized spacial score (nSPS) is 15.1. The predicted octanol–water partition coefficient (Wildman–Crippen LogP) is 11.6. The second kappa shape index (κ2) is 12.5. The van der Waals surface area contributed by atoms with Gasteiger partial charge in [0.2, 0.25) is 0 Å². The van der Waals surface area contributed by atoms with Crippen LogP contribution in [0.4, 0.5) is 0 Å². The quantitative estimate of drug-likeness (QED) is 0.147. The van der Waals surface area contributed by atoms with Crippen LogP contribution in [-0.2, 0) is 0 Å². The van der Waals surface area contributed by atoms with Crippen molar-refractivity contribution in [3.63, 3.8) is 0 Å². The Balaban J connectivity index is 1.48. The van der Waals surface area contributed by atoms with Gasteiger partial charge in [-0.05, 0) is 85.1 Å². The maximum Gasteiger partial charge on any atom is 0.0702 e. The molecule has 0 saturated heterocycles. The lowest BCUT2D eigenvalue weighted by Gasteiger charge is -2.26. The monoisotopic (exact) mass is 577 g/mol. The molecule has 6 aromatic carbocycles. The highest BCUT2D eigenvalue weighted by Crippen LogP contribution is 2.45. The van der Waals surface area contributed by atoms with Crippen LogP contribution < -0.4 is 5.32 Å². The minimum atomic E-state index is -0.00870. The van der Waals surface area contributed by atoms with Crippen LogP contribution >= 0.6 is 0 Å². The Morgan fingerprint density at radius 1 is 0.622 bits per heavy atom. The van der Waals surface area contributed by atoms with E-state index in [1.54, 1.807) is 0 Å². The fraction of sp³-hybridized carbons (Fsp3) is 0.0455. The van der Waals surface area contributed by atoms with Gasteiger partial charge in [-0.2, -0.15) is 0 Å². The van der Waals surface area contributed by atoms with Crippen molar-refractivity contribution in [3.05, 3.63) is 199 Å². The molecule has 0 aliphatic carbocycles. The number of allylic oxidation sites excluding steroid dienone is 7. The largest absolute Gasteiger partial charge is 0.380 e. The first-order valence-electron chi connectivity index (χ1n) is 15.6. The molecule has 1 heteroatoms.